The van der Waals surface area contributed by atoms with E-state index < -0.39 is 6.10 Å². The summed E-state index contributed by atoms with van der Waals surface area (Å²) in [5.74, 6) is -0.831. The highest BCUT2D eigenvalue weighted by Crippen LogP contribution is 2.19. The molecule has 0 amide bonds. The highest BCUT2D eigenvalue weighted by molar-refractivity contribution is 5.71. The summed E-state index contributed by atoms with van der Waals surface area (Å²) in [5.41, 5.74) is 0. The highest BCUT2D eigenvalue weighted by atomic mass is 16.6. The third-order valence-corrected chi connectivity index (χ3v) is 16.5. The molecule has 6 nitrogen and oxygen atoms in total. The van der Waals surface area contributed by atoms with Crippen LogP contribution in [0.5, 0.6) is 0 Å². The Hall–Kier alpha value is -2.11. The minimum absolute atomic E-state index is 0.0641. The Balaban J connectivity index is 4.21. The maximum atomic E-state index is 13.0. The van der Waals surface area contributed by atoms with Gasteiger partial charge in [-0.1, -0.05) is 360 Å². The number of carbonyl (C=O) groups is 3. The molecule has 79 heavy (non-hydrogen) atoms. The van der Waals surface area contributed by atoms with Gasteiger partial charge in [-0.2, -0.15) is 0 Å². The van der Waals surface area contributed by atoms with Crippen LogP contribution in [0.25, 0.3) is 0 Å². The van der Waals surface area contributed by atoms with E-state index in [4.69, 9.17) is 14.2 Å². The van der Waals surface area contributed by atoms with Gasteiger partial charge in [0.15, 0.2) is 6.10 Å². The lowest BCUT2D eigenvalue weighted by Crippen LogP contribution is -2.30. The summed E-state index contributed by atoms with van der Waals surface area (Å²) >= 11 is 0. The molecule has 0 saturated heterocycles. The van der Waals surface area contributed by atoms with Gasteiger partial charge in [0.05, 0.1) is 0 Å². The fourth-order valence-electron chi connectivity index (χ4n) is 11.1. The second-order valence-electron chi connectivity index (χ2n) is 24.5. The van der Waals surface area contributed by atoms with E-state index in [1.807, 2.05) is 0 Å². The molecule has 0 aliphatic heterocycles. The van der Waals surface area contributed by atoms with Gasteiger partial charge in [-0.25, -0.2) is 0 Å². The van der Waals surface area contributed by atoms with Crippen molar-refractivity contribution in [3.63, 3.8) is 0 Å². The van der Waals surface area contributed by atoms with Crippen molar-refractivity contribution in [1.29, 1.82) is 0 Å². The number of rotatable bonds is 67. The van der Waals surface area contributed by atoms with E-state index in [0.717, 1.165) is 64.2 Å². The van der Waals surface area contributed by atoms with E-state index >= 15 is 0 Å². The van der Waals surface area contributed by atoms with Crippen LogP contribution in [0.1, 0.15) is 406 Å². The zero-order valence-corrected chi connectivity index (χ0v) is 53.7. The van der Waals surface area contributed by atoms with Crippen molar-refractivity contribution in [3.05, 3.63) is 24.3 Å². The number of esters is 3. The van der Waals surface area contributed by atoms with Crippen LogP contribution in [-0.2, 0) is 28.6 Å². The van der Waals surface area contributed by atoms with E-state index in [-0.39, 0.29) is 31.1 Å². The third-order valence-electron chi connectivity index (χ3n) is 16.5. The highest BCUT2D eigenvalue weighted by Gasteiger charge is 2.19. The molecule has 0 aliphatic rings. The summed E-state index contributed by atoms with van der Waals surface area (Å²) in [6.07, 6.45) is 83.5. The summed E-state index contributed by atoms with van der Waals surface area (Å²) in [5, 5.41) is 0. The molecule has 0 aliphatic carbocycles. The molecule has 1 unspecified atom stereocenters. The maximum absolute atomic E-state index is 13.0. The van der Waals surface area contributed by atoms with E-state index in [9.17, 15) is 14.4 Å². The first-order chi connectivity index (χ1) is 39.0. The first-order valence-corrected chi connectivity index (χ1v) is 35.8. The molecule has 0 aromatic heterocycles. The Bertz CT molecular complexity index is 1270. The Labute approximate surface area is 493 Å². The van der Waals surface area contributed by atoms with Crippen molar-refractivity contribution in [3.8, 4) is 0 Å². The zero-order chi connectivity index (χ0) is 57.1. The van der Waals surface area contributed by atoms with Crippen molar-refractivity contribution in [2.75, 3.05) is 13.2 Å². The molecular formula is C73H138O6. The van der Waals surface area contributed by atoms with Crippen molar-refractivity contribution in [1.82, 2.24) is 0 Å². The smallest absolute Gasteiger partial charge is 0.306 e. The molecule has 0 fully saturated rings. The molecule has 0 heterocycles. The molecule has 0 spiro atoms. The standard InChI is InChI=1S/C73H138O6/c1-4-7-10-13-16-19-22-25-27-29-31-33-35-36-38-39-41-43-45-48-51-54-57-60-63-66-72(75)78-69-70(68-77-71(74)65-62-59-56-53-50-47-24-21-18-15-12-9-6-3)79-73(76)67-64-61-58-55-52-49-46-44-42-40-37-34-32-30-28-26-23-20-17-14-11-8-5-2/h22,25,29,31,70H,4-21,23-24,26-28,30,32-69H2,1-3H3/b25-22-,31-29-. The average molecular weight is 1110 g/mol. The predicted octanol–water partition coefficient (Wildman–Crippen LogP) is 24.6. The number of hydrogen-bond donors (Lipinski definition) is 0. The predicted molar refractivity (Wildman–Crippen MR) is 344 cm³/mol. The first kappa shape index (κ1) is 76.9. The normalized spacial score (nSPS) is 12.1. The molecule has 0 rings (SSSR count). The van der Waals surface area contributed by atoms with Gasteiger partial charge in [0, 0.05) is 19.3 Å². The van der Waals surface area contributed by atoms with Crippen LogP contribution in [0, 0.1) is 0 Å². The van der Waals surface area contributed by atoms with Crippen LogP contribution >= 0.6 is 0 Å². The van der Waals surface area contributed by atoms with E-state index in [0.29, 0.717) is 19.3 Å². The summed E-state index contributed by atoms with van der Waals surface area (Å²) in [4.78, 5) is 38.4. The molecular weight excluding hydrogens is 973 g/mol. The van der Waals surface area contributed by atoms with Crippen LogP contribution in [0.15, 0.2) is 24.3 Å². The van der Waals surface area contributed by atoms with Gasteiger partial charge in [0.25, 0.3) is 0 Å². The Kier molecular flexibility index (Phi) is 66.6. The van der Waals surface area contributed by atoms with E-state index in [1.165, 1.54) is 302 Å². The number of hydrogen-bond acceptors (Lipinski definition) is 6. The average Bonchev–Trinajstić information content (AvgIpc) is 3.45. The van der Waals surface area contributed by atoms with Crippen LogP contribution < -0.4 is 0 Å². The minimum Gasteiger partial charge on any atom is -0.462 e. The Morgan fingerprint density at radius 3 is 0.696 bits per heavy atom. The van der Waals surface area contributed by atoms with Gasteiger partial charge in [-0.05, 0) is 51.4 Å². The van der Waals surface area contributed by atoms with E-state index in [1.54, 1.807) is 0 Å². The fourth-order valence-corrected chi connectivity index (χ4v) is 11.1. The zero-order valence-electron chi connectivity index (χ0n) is 53.7. The summed E-state index contributed by atoms with van der Waals surface area (Å²) in [6, 6.07) is 0. The topological polar surface area (TPSA) is 78.9 Å². The molecule has 0 N–H and O–H groups in total. The van der Waals surface area contributed by atoms with Crippen LogP contribution in [-0.4, -0.2) is 37.2 Å². The fraction of sp³-hybridized carbons (Fsp3) is 0.904. The molecule has 466 valence electrons. The summed E-state index contributed by atoms with van der Waals surface area (Å²) < 4.78 is 17.0. The van der Waals surface area contributed by atoms with Gasteiger partial charge >= 0.3 is 17.9 Å². The molecule has 0 aromatic carbocycles. The number of ether oxygens (including phenoxy) is 3. The Morgan fingerprint density at radius 2 is 0.456 bits per heavy atom. The van der Waals surface area contributed by atoms with Gasteiger partial charge in [0.2, 0.25) is 0 Å². The molecule has 0 radical (unpaired) electrons. The minimum atomic E-state index is -0.767. The number of allylic oxidation sites excluding steroid dienone is 4. The lowest BCUT2D eigenvalue weighted by molar-refractivity contribution is -0.167. The second-order valence-corrected chi connectivity index (χ2v) is 24.5. The summed E-state index contributed by atoms with van der Waals surface area (Å²) in [6.45, 7) is 6.71. The van der Waals surface area contributed by atoms with Gasteiger partial charge in [-0.3, -0.25) is 14.4 Å². The lowest BCUT2D eigenvalue weighted by Gasteiger charge is -2.18. The SMILES string of the molecule is CCCCCCC/C=C\C/C=C\CCCCCCCCCCCCCCCC(=O)OCC(COC(=O)CCCCCCCCCCCCCCC)OC(=O)CCCCCCCCCCCCCCCCCCCCCCCCC. The van der Waals surface area contributed by atoms with Crippen molar-refractivity contribution >= 4 is 17.9 Å². The maximum Gasteiger partial charge on any atom is 0.306 e. The quantitative estimate of drug-likeness (QED) is 0.0261. The molecule has 0 aromatic rings. The largest absolute Gasteiger partial charge is 0.462 e. The number of unbranched alkanes of at least 4 members (excludes halogenated alkanes) is 52. The molecule has 6 heteroatoms. The molecule has 0 bridgehead atoms. The van der Waals surface area contributed by atoms with Crippen molar-refractivity contribution in [2.45, 2.75) is 412 Å². The van der Waals surface area contributed by atoms with Gasteiger partial charge < -0.3 is 14.2 Å². The number of carbonyl (C=O) groups excluding carboxylic acids is 3. The molecule has 0 saturated carbocycles. The van der Waals surface area contributed by atoms with Crippen molar-refractivity contribution in [2.24, 2.45) is 0 Å². The summed E-state index contributed by atoms with van der Waals surface area (Å²) in [7, 11) is 0. The monoisotopic (exact) mass is 1110 g/mol. The second kappa shape index (κ2) is 68.4. The van der Waals surface area contributed by atoms with Crippen LogP contribution in [0.3, 0.4) is 0 Å². The van der Waals surface area contributed by atoms with Crippen LogP contribution in [0.4, 0.5) is 0 Å². The third kappa shape index (κ3) is 66.6. The van der Waals surface area contributed by atoms with Gasteiger partial charge in [0.1, 0.15) is 13.2 Å². The molecule has 1 atom stereocenters. The van der Waals surface area contributed by atoms with Gasteiger partial charge in [-0.15, -0.1) is 0 Å². The lowest BCUT2D eigenvalue weighted by atomic mass is 10.0. The first-order valence-electron chi connectivity index (χ1n) is 35.8. The Morgan fingerprint density at radius 1 is 0.253 bits per heavy atom. The van der Waals surface area contributed by atoms with E-state index in [2.05, 4.69) is 45.1 Å². The van der Waals surface area contributed by atoms with Crippen LogP contribution in [0.2, 0.25) is 0 Å². The van der Waals surface area contributed by atoms with Crippen molar-refractivity contribution < 1.29 is 28.6 Å².